The molecule has 202 valence electrons. The quantitative estimate of drug-likeness (QED) is 0.430. The van der Waals surface area contributed by atoms with Crippen molar-refractivity contribution in [1.29, 1.82) is 0 Å². The SMILES string of the molecule is CC[C@@H]1CN(Cc2cc(C(CC(=O)OC)c3ccc(C(=O)NC)o3)ccc2C)S(=O)(=O)c2ccccc2O1. The second kappa shape index (κ2) is 11.4. The number of hydrogen-bond donors (Lipinski definition) is 1. The fourth-order valence-corrected chi connectivity index (χ4v) is 6.06. The van der Waals surface area contributed by atoms with Gasteiger partial charge in [-0.2, -0.15) is 4.31 Å². The van der Waals surface area contributed by atoms with Crippen LogP contribution in [0.3, 0.4) is 0 Å². The van der Waals surface area contributed by atoms with Crippen molar-refractivity contribution in [1.82, 2.24) is 9.62 Å². The van der Waals surface area contributed by atoms with E-state index in [0.717, 1.165) is 16.7 Å². The lowest BCUT2D eigenvalue weighted by atomic mass is 9.90. The number of fused-ring (bicyclic) bond motifs is 1. The van der Waals surface area contributed by atoms with Gasteiger partial charge in [-0.1, -0.05) is 37.3 Å². The van der Waals surface area contributed by atoms with Crippen molar-refractivity contribution in [2.75, 3.05) is 20.7 Å². The summed E-state index contributed by atoms with van der Waals surface area (Å²) >= 11 is 0. The van der Waals surface area contributed by atoms with E-state index in [1.807, 2.05) is 32.0 Å². The summed E-state index contributed by atoms with van der Waals surface area (Å²) in [6.45, 7) is 4.21. The molecule has 1 amide bonds. The van der Waals surface area contributed by atoms with Crippen molar-refractivity contribution in [3.05, 3.63) is 82.8 Å². The van der Waals surface area contributed by atoms with Crippen molar-refractivity contribution in [2.45, 2.75) is 50.2 Å². The fraction of sp³-hybridized carbons (Fsp3) is 0.357. The molecule has 3 aromatic rings. The summed E-state index contributed by atoms with van der Waals surface area (Å²) < 4.78 is 45.5. The van der Waals surface area contributed by atoms with Crippen LogP contribution in [0.4, 0.5) is 0 Å². The van der Waals surface area contributed by atoms with Gasteiger partial charge in [0.1, 0.15) is 22.5 Å². The molecule has 4 rings (SSSR count). The number of nitrogens with zero attached hydrogens (tertiary/aromatic N) is 1. The molecule has 1 aromatic heterocycles. The van der Waals surface area contributed by atoms with E-state index in [1.165, 1.54) is 18.5 Å². The number of benzene rings is 2. The molecule has 9 nitrogen and oxygen atoms in total. The molecule has 38 heavy (non-hydrogen) atoms. The molecule has 2 heterocycles. The maximum absolute atomic E-state index is 13.7. The number of ether oxygens (including phenoxy) is 2. The van der Waals surface area contributed by atoms with Crippen molar-refractivity contribution < 1.29 is 31.9 Å². The van der Waals surface area contributed by atoms with Crippen LogP contribution in [0, 0.1) is 6.92 Å². The van der Waals surface area contributed by atoms with Gasteiger partial charge in [-0.05, 0) is 54.3 Å². The molecule has 1 aliphatic rings. The number of para-hydroxylation sites is 1. The molecule has 1 N–H and O–H groups in total. The van der Waals surface area contributed by atoms with Crippen LogP contribution in [0.1, 0.15) is 58.7 Å². The third-order valence-corrected chi connectivity index (χ3v) is 8.62. The van der Waals surface area contributed by atoms with Crippen LogP contribution in [-0.2, 0) is 26.1 Å². The molecule has 10 heteroatoms. The van der Waals surface area contributed by atoms with Gasteiger partial charge in [-0.15, -0.1) is 0 Å². The molecule has 0 radical (unpaired) electrons. The van der Waals surface area contributed by atoms with Gasteiger partial charge in [-0.25, -0.2) is 8.42 Å². The summed E-state index contributed by atoms with van der Waals surface area (Å²) in [6, 6.07) is 15.6. The second-order valence-corrected chi connectivity index (χ2v) is 11.1. The maximum Gasteiger partial charge on any atom is 0.306 e. The van der Waals surface area contributed by atoms with Gasteiger partial charge < -0.3 is 19.2 Å². The maximum atomic E-state index is 13.7. The Balaban J connectivity index is 1.72. The molecule has 0 aliphatic carbocycles. The normalized spacial score (nSPS) is 17.5. The van der Waals surface area contributed by atoms with Gasteiger partial charge in [0.05, 0.1) is 26.0 Å². The highest BCUT2D eigenvalue weighted by Crippen LogP contribution is 2.35. The molecule has 1 aliphatic heterocycles. The van der Waals surface area contributed by atoms with Crippen LogP contribution in [0.5, 0.6) is 5.75 Å². The minimum Gasteiger partial charge on any atom is -0.488 e. The first-order chi connectivity index (χ1) is 18.2. The van der Waals surface area contributed by atoms with Gasteiger partial charge in [0.2, 0.25) is 10.0 Å². The summed E-state index contributed by atoms with van der Waals surface area (Å²) in [5.41, 5.74) is 2.43. The van der Waals surface area contributed by atoms with Crippen molar-refractivity contribution in [3.8, 4) is 5.75 Å². The monoisotopic (exact) mass is 540 g/mol. The summed E-state index contributed by atoms with van der Waals surface area (Å²) in [5, 5.41) is 2.52. The smallest absolute Gasteiger partial charge is 0.306 e. The lowest BCUT2D eigenvalue weighted by molar-refractivity contribution is -0.140. The summed E-state index contributed by atoms with van der Waals surface area (Å²) in [6.07, 6.45) is 0.336. The second-order valence-electron chi connectivity index (χ2n) is 9.19. The van der Waals surface area contributed by atoms with E-state index in [0.29, 0.717) is 17.9 Å². The van der Waals surface area contributed by atoms with Crippen LogP contribution in [-0.4, -0.2) is 51.4 Å². The number of esters is 1. The lowest BCUT2D eigenvalue weighted by Crippen LogP contribution is -2.36. The van der Waals surface area contributed by atoms with Crippen molar-refractivity contribution in [3.63, 3.8) is 0 Å². The molecule has 2 atom stereocenters. The minimum absolute atomic E-state index is 0.0131. The predicted molar refractivity (Wildman–Crippen MR) is 140 cm³/mol. The van der Waals surface area contributed by atoms with Gasteiger partial charge in [0.15, 0.2) is 5.76 Å². The number of carbonyl (C=O) groups is 2. The fourth-order valence-electron chi connectivity index (χ4n) is 4.49. The number of methoxy groups -OCH3 is 1. The van der Waals surface area contributed by atoms with Gasteiger partial charge >= 0.3 is 5.97 Å². The minimum atomic E-state index is -3.82. The van der Waals surface area contributed by atoms with Crippen LogP contribution in [0.15, 0.2) is 63.9 Å². The van der Waals surface area contributed by atoms with Gasteiger partial charge in [0, 0.05) is 13.6 Å². The topological polar surface area (TPSA) is 115 Å². The Bertz CT molecular complexity index is 1430. The van der Waals surface area contributed by atoms with Crippen LogP contribution >= 0.6 is 0 Å². The number of rotatable bonds is 8. The summed E-state index contributed by atoms with van der Waals surface area (Å²) in [4.78, 5) is 24.5. The Kier molecular flexibility index (Phi) is 8.23. The third-order valence-electron chi connectivity index (χ3n) is 6.77. The van der Waals surface area contributed by atoms with Crippen LogP contribution in [0.2, 0.25) is 0 Å². The molecule has 1 unspecified atom stereocenters. The first-order valence-electron chi connectivity index (χ1n) is 12.4. The van der Waals surface area contributed by atoms with E-state index in [2.05, 4.69) is 5.32 Å². The van der Waals surface area contributed by atoms with E-state index in [4.69, 9.17) is 13.9 Å². The summed E-state index contributed by atoms with van der Waals surface area (Å²) in [5.74, 6) is -0.436. The standard InChI is InChI=1S/C28H32N2O7S/c1-5-21-17-30(38(33,34)26-9-7-6-8-24(26)36-21)16-20-14-19(11-10-18(20)2)22(15-27(31)35-4)23-12-13-25(37-23)28(32)29-3/h6-14,21-22H,5,15-17H2,1-4H3,(H,29,32)/t21-,22?/m1/s1. The highest BCUT2D eigenvalue weighted by Gasteiger charge is 2.34. The van der Waals surface area contributed by atoms with E-state index < -0.39 is 21.9 Å². The highest BCUT2D eigenvalue weighted by atomic mass is 32.2. The Hall–Kier alpha value is -3.63. The van der Waals surface area contributed by atoms with E-state index >= 15 is 0 Å². The van der Waals surface area contributed by atoms with E-state index in [1.54, 1.807) is 36.4 Å². The molecule has 0 fully saturated rings. The predicted octanol–water partition coefficient (Wildman–Crippen LogP) is 4.00. The molecule has 0 spiro atoms. The zero-order valence-electron chi connectivity index (χ0n) is 21.9. The zero-order valence-corrected chi connectivity index (χ0v) is 22.7. The van der Waals surface area contributed by atoms with Gasteiger partial charge in [0.25, 0.3) is 5.91 Å². The molecular weight excluding hydrogens is 508 g/mol. The number of hydrogen-bond acceptors (Lipinski definition) is 7. The van der Waals surface area contributed by atoms with Crippen molar-refractivity contribution >= 4 is 21.9 Å². The molecule has 0 saturated heterocycles. The molecule has 0 bridgehead atoms. The Morgan fingerprint density at radius 3 is 2.63 bits per heavy atom. The number of aryl methyl sites for hydroxylation is 1. The number of sulfonamides is 1. The number of amides is 1. The summed E-state index contributed by atoms with van der Waals surface area (Å²) in [7, 11) is -1.01. The molecular formula is C28H32N2O7S. The average Bonchev–Trinajstić information content (AvgIpc) is 3.37. The number of nitrogens with one attached hydrogen (secondary N) is 1. The molecule has 2 aromatic carbocycles. The Morgan fingerprint density at radius 1 is 1.16 bits per heavy atom. The van der Waals surface area contributed by atoms with Gasteiger partial charge in [-0.3, -0.25) is 9.59 Å². The number of carbonyl (C=O) groups excluding carboxylic acids is 2. The first-order valence-corrected chi connectivity index (χ1v) is 13.9. The van der Waals surface area contributed by atoms with Crippen LogP contribution in [0.25, 0.3) is 0 Å². The average molecular weight is 541 g/mol. The molecule has 0 saturated carbocycles. The number of furan rings is 1. The van der Waals surface area contributed by atoms with E-state index in [-0.39, 0.29) is 42.2 Å². The first kappa shape index (κ1) is 27.4. The lowest BCUT2D eigenvalue weighted by Gasteiger charge is -2.24. The van der Waals surface area contributed by atoms with Crippen LogP contribution < -0.4 is 10.1 Å². The zero-order chi connectivity index (χ0) is 27.4. The van der Waals surface area contributed by atoms with Crippen molar-refractivity contribution in [2.24, 2.45) is 0 Å². The highest BCUT2D eigenvalue weighted by molar-refractivity contribution is 7.89. The Labute approximate surface area is 222 Å². The Morgan fingerprint density at radius 2 is 1.92 bits per heavy atom. The third kappa shape index (κ3) is 5.61. The largest absolute Gasteiger partial charge is 0.488 e. The van der Waals surface area contributed by atoms with E-state index in [9.17, 15) is 18.0 Å².